The second kappa shape index (κ2) is 10.2. The molecular formula is C19H25N3O4. The number of alkyl carbamates (subject to hydrolysis) is 1. The molecule has 1 amide bonds. The van der Waals surface area contributed by atoms with Crippen molar-refractivity contribution < 1.29 is 19.1 Å². The molecule has 0 unspecified atom stereocenters. The number of benzene rings is 1. The molecule has 7 nitrogen and oxygen atoms in total. The van der Waals surface area contributed by atoms with E-state index in [1.54, 1.807) is 0 Å². The molecule has 7 heteroatoms. The van der Waals surface area contributed by atoms with Crippen LogP contribution in [0.25, 0.3) is 0 Å². The van der Waals surface area contributed by atoms with E-state index >= 15 is 0 Å². The Morgan fingerprint density at radius 3 is 2.81 bits per heavy atom. The molecular weight excluding hydrogens is 334 g/mol. The van der Waals surface area contributed by atoms with Gasteiger partial charge in [0.05, 0.1) is 19.6 Å². The molecule has 0 spiro atoms. The van der Waals surface area contributed by atoms with E-state index in [1.807, 2.05) is 30.3 Å². The first kappa shape index (κ1) is 19.5. The highest BCUT2D eigenvalue weighted by Crippen LogP contribution is 2.22. The van der Waals surface area contributed by atoms with Crippen LogP contribution in [0.4, 0.5) is 4.79 Å². The molecule has 1 saturated carbocycles. The number of nitrogens with one attached hydrogen (secondary N) is 1. The van der Waals surface area contributed by atoms with Crippen LogP contribution in [-0.4, -0.2) is 37.5 Å². The van der Waals surface area contributed by atoms with E-state index in [2.05, 4.69) is 15.0 Å². The van der Waals surface area contributed by atoms with E-state index < -0.39 is 6.09 Å². The van der Waals surface area contributed by atoms with Gasteiger partial charge in [-0.2, -0.15) is 0 Å². The molecule has 1 aromatic rings. The van der Waals surface area contributed by atoms with Crippen molar-refractivity contribution >= 4 is 17.8 Å². The fourth-order valence-corrected chi connectivity index (χ4v) is 2.80. The summed E-state index contributed by atoms with van der Waals surface area (Å²) in [5.74, 6) is -0.303. The third-order valence-electron chi connectivity index (χ3n) is 4.15. The molecule has 0 radical (unpaired) electrons. The summed E-state index contributed by atoms with van der Waals surface area (Å²) in [7, 11) is 1.35. The molecule has 1 atom stereocenters. The maximum atomic E-state index is 12.1. The van der Waals surface area contributed by atoms with Gasteiger partial charge in [0, 0.05) is 24.0 Å². The minimum Gasteiger partial charge on any atom is -0.469 e. The lowest BCUT2D eigenvalue weighted by molar-refractivity contribution is -0.140. The number of nitrogens with zero attached hydrogens (tertiary/aromatic N) is 1. The Morgan fingerprint density at radius 1 is 1.35 bits per heavy atom. The number of hydrogen-bond donors (Lipinski definition) is 2. The quantitative estimate of drug-likeness (QED) is 0.759. The lowest BCUT2D eigenvalue weighted by atomic mass is 9.88. The van der Waals surface area contributed by atoms with Crippen molar-refractivity contribution in [2.75, 3.05) is 13.7 Å². The summed E-state index contributed by atoms with van der Waals surface area (Å²) in [5.41, 5.74) is 8.27. The van der Waals surface area contributed by atoms with Gasteiger partial charge in [0.1, 0.15) is 6.61 Å². The number of amides is 1. The van der Waals surface area contributed by atoms with Crippen molar-refractivity contribution in [2.45, 2.75) is 38.3 Å². The first-order valence-electron chi connectivity index (χ1n) is 8.63. The Balaban J connectivity index is 1.90. The zero-order chi connectivity index (χ0) is 18.8. The van der Waals surface area contributed by atoms with Gasteiger partial charge in [0.2, 0.25) is 0 Å². The summed E-state index contributed by atoms with van der Waals surface area (Å²) in [4.78, 5) is 27.7. The molecule has 1 aromatic carbocycles. The highest BCUT2D eigenvalue weighted by molar-refractivity contribution is 6.02. The number of carbonyl (C=O) groups is 2. The predicted octanol–water partition coefficient (Wildman–Crippen LogP) is 2.31. The number of aliphatic imine (C=N–C) groups is 1. The van der Waals surface area contributed by atoms with Gasteiger partial charge in [-0.25, -0.2) is 4.79 Å². The predicted molar refractivity (Wildman–Crippen MR) is 98.6 cm³/mol. The van der Waals surface area contributed by atoms with Gasteiger partial charge < -0.3 is 20.5 Å². The number of methoxy groups -OCH3 is 1. The Kier molecular flexibility index (Phi) is 7.67. The molecule has 1 fully saturated rings. The van der Waals surface area contributed by atoms with Crippen LogP contribution in [0.2, 0.25) is 0 Å². The topological polar surface area (TPSA) is 103 Å². The number of rotatable bonds is 6. The zero-order valence-corrected chi connectivity index (χ0v) is 14.9. The molecule has 2 rings (SSSR count). The Bertz CT molecular complexity index is 671. The maximum Gasteiger partial charge on any atom is 0.407 e. The van der Waals surface area contributed by atoms with E-state index in [1.165, 1.54) is 13.3 Å². The number of nitrogens with two attached hydrogens (primary N) is 1. The molecule has 0 aromatic heterocycles. The lowest BCUT2D eigenvalue weighted by Gasteiger charge is -2.27. The van der Waals surface area contributed by atoms with Crippen LogP contribution in [0.3, 0.4) is 0 Å². The molecule has 3 N–H and O–H groups in total. The van der Waals surface area contributed by atoms with E-state index in [-0.39, 0.29) is 25.0 Å². The van der Waals surface area contributed by atoms with Crippen molar-refractivity contribution in [2.24, 2.45) is 10.7 Å². The van der Waals surface area contributed by atoms with Gasteiger partial charge in [0.15, 0.2) is 0 Å². The number of ether oxygens (including phenoxy) is 2. The summed E-state index contributed by atoms with van der Waals surface area (Å²) < 4.78 is 9.88. The average molecular weight is 359 g/mol. The van der Waals surface area contributed by atoms with Crippen molar-refractivity contribution in [3.05, 3.63) is 47.7 Å². The van der Waals surface area contributed by atoms with Crippen LogP contribution in [0.15, 0.2) is 47.1 Å². The summed E-state index contributed by atoms with van der Waals surface area (Å²) in [5, 5.41) is 2.85. The molecule has 0 aliphatic heterocycles. The van der Waals surface area contributed by atoms with E-state index in [0.29, 0.717) is 6.54 Å². The second-order valence-electron chi connectivity index (χ2n) is 5.93. The fraction of sp³-hybridized carbons (Fsp3) is 0.421. The Morgan fingerprint density at radius 2 is 2.12 bits per heavy atom. The summed E-state index contributed by atoms with van der Waals surface area (Å²) in [6, 6.07) is 9.24. The molecule has 26 heavy (non-hydrogen) atoms. The molecule has 140 valence electrons. The monoisotopic (exact) mass is 359 g/mol. The normalized spacial score (nSPS) is 20.0. The highest BCUT2D eigenvalue weighted by atomic mass is 16.5. The third-order valence-corrected chi connectivity index (χ3v) is 4.15. The number of carbonyl (C=O) groups excluding carboxylic acids is 2. The SMILES string of the molecule is COC(=O)CCN=C1CCC[C@@H](NC(=O)OCc2ccccc2)C1=CN. The smallest absolute Gasteiger partial charge is 0.407 e. The van der Waals surface area contributed by atoms with Crippen molar-refractivity contribution in [1.29, 1.82) is 0 Å². The average Bonchev–Trinajstić information content (AvgIpc) is 2.67. The maximum absolute atomic E-state index is 12.1. The van der Waals surface area contributed by atoms with Crippen LogP contribution < -0.4 is 11.1 Å². The van der Waals surface area contributed by atoms with E-state index in [9.17, 15) is 9.59 Å². The third kappa shape index (κ3) is 5.91. The van der Waals surface area contributed by atoms with Gasteiger partial charge >= 0.3 is 12.1 Å². The van der Waals surface area contributed by atoms with Crippen LogP contribution in [0.5, 0.6) is 0 Å². The highest BCUT2D eigenvalue weighted by Gasteiger charge is 2.25. The number of esters is 1. The lowest BCUT2D eigenvalue weighted by Crippen LogP contribution is -2.41. The zero-order valence-electron chi connectivity index (χ0n) is 14.9. The van der Waals surface area contributed by atoms with Gasteiger partial charge in [-0.15, -0.1) is 0 Å². The van der Waals surface area contributed by atoms with Crippen LogP contribution in [-0.2, 0) is 20.9 Å². The Hall–Kier alpha value is -2.83. The van der Waals surface area contributed by atoms with Gasteiger partial charge in [-0.05, 0) is 24.8 Å². The minimum absolute atomic E-state index is 0.209. The minimum atomic E-state index is -0.492. The summed E-state index contributed by atoms with van der Waals surface area (Å²) in [6.07, 6.45) is 3.60. The molecule has 1 aliphatic carbocycles. The van der Waals surface area contributed by atoms with Crippen LogP contribution >= 0.6 is 0 Å². The largest absolute Gasteiger partial charge is 0.469 e. The van der Waals surface area contributed by atoms with Crippen molar-refractivity contribution in [3.63, 3.8) is 0 Å². The molecule has 1 aliphatic rings. The van der Waals surface area contributed by atoms with Crippen LogP contribution in [0, 0.1) is 0 Å². The number of hydrogen-bond acceptors (Lipinski definition) is 6. The van der Waals surface area contributed by atoms with E-state index in [0.717, 1.165) is 36.1 Å². The summed E-state index contributed by atoms with van der Waals surface area (Å²) in [6.45, 7) is 0.547. The molecule has 0 heterocycles. The first-order valence-corrected chi connectivity index (χ1v) is 8.63. The fourth-order valence-electron chi connectivity index (χ4n) is 2.80. The second-order valence-corrected chi connectivity index (χ2v) is 5.93. The Labute approximate surface area is 153 Å². The summed E-state index contributed by atoms with van der Waals surface area (Å²) >= 11 is 0. The standard InChI is InChI=1S/C19H25N3O4/c1-25-18(23)10-11-21-16-8-5-9-17(15(16)12-20)22-19(24)26-13-14-6-3-2-4-7-14/h2-4,6-7,12,17H,5,8-11,13,20H2,1H3,(H,22,24)/t17-/m1/s1. The molecule has 0 saturated heterocycles. The van der Waals surface area contributed by atoms with Crippen molar-refractivity contribution in [3.8, 4) is 0 Å². The van der Waals surface area contributed by atoms with Gasteiger partial charge in [-0.3, -0.25) is 9.79 Å². The van der Waals surface area contributed by atoms with Gasteiger partial charge in [-0.1, -0.05) is 30.3 Å². The van der Waals surface area contributed by atoms with Crippen LogP contribution in [0.1, 0.15) is 31.2 Å². The first-order chi connectivity index (χ1) is 12.6. The van der Waals surface area contributed by atoms with E-state index in [4.69, 9.17) is 10.5 Å². The molecule has 0 bridgehead atoms. The van der Waals surface area contributed by atoms with Gasteiger partial charge in [0.25, 0.3) is 0 Å². The van der Waals surface area contributed by atoms with Crippen molar-refractivity contribution in [1.82, 2.24) is 5.32 Å².